The van der Waals surface area contributed by atoms with Crippen molar-refractivity contribution in [1.82, 2.24) is 5.32 Å². The van der Waals surface area contributed by atoms with Gasteiger partial charge in [-0.2, -0.15) is 0 Å². The number of para-hydroxylation sites is 1. The molecule has 1 aliphatic carbocycles. The van der Waals surface area contributed by atoms with Crippen LogP contribution in [0.1, 0.15) is 23.2 Å². The van der Waals surface area contributed by atoms with Crippen LogP contribution in [0.4, 0.5) is 11.4 Å². The van der Waals surface area contributed by atoms with Crippen molar-refractivity contribution in [1.29, 1.82) is 0 Å². The number of nitrogens with one attached hydrogen (secondary N) is 2. The first-order valence-electron chi connectivity index (χ1n) is 8.22. The summed E-state index contributed by atoms with van der Waals surface area (Å²) in [5.74, 6) is 1.19. The minimum absolute atomic E-state index is 0. The Balaban J connectivity index is 0.00000169. The highest BCUT2D eigenvalue weighted by molar-refractivity contribution is 6.00. The number of carbonyl (C=O) groups excluding carboxylic acids is 1. The molecule has 1 fully saturated rings. The van der Waals surface area contributed by atoms with E-state index in [2.05, 4.69) is 10.6 Å². The molecule has 0 saturated heterocycles. The zero-order chi connectivity index (χ0) is 16.9. The fraction of sp³-hybridized carbons (Fsp3) is 0.316. The van der Waals surface area contributed by atoms with Gasteiger partial charge in [0.15, 0.2) is 0 Å². The lowest BCUT2D eigenvalue weighted by Crippen LogP contribution is -2.41. The Morgan fingerprint density at radius 3 is 2.58 bits per heavy atom. The summed E-state index contributed by atoms with van der Waals surface area (Å²) in [6.45, 7) is 0.474. The molecule has 7 heteroatoms. The monoisotopic (exact) mass is 397 g/mol. The second-order valence-corrected chi connectivity index (χ2v) is 6.06. The topological polar surface area (TPSA) is 76.4 Å². The Morgan fingerprint density at radius 1 is 1.19 bits per heavy atom. The first-order chi connectivity index (χ1) is 11.7. The van der Waals surface area contributed by atoms with Gasteiger partial charge in [-0.3, -0.25) is 4.79 Å². The molecule has 0 spiro atoms. The largest absolute Gasteiger partial charge is 0.497 e. The van der Waals surface area contributed by atoms with E-state index in [1.165, 1.54) is 0 Å². The zero-order valence-corrected chi connectivity index (χ0v) is 16.2. The Bertz CT molecular complexity index is 723. The lowest BCUT2D eigenvalue weighted by atomic mass is 10.1. The number of nitrogens with two attached hydrogens (primary N) is 1. The van der Waals surface area contributed by atoms with Crippen LogP contribution in [0.2, 0.25) is 0 Å². The summed E-state index contributed by atoms with van der Waals surface area (Å²) < 4.78 is 5.24. The quantitative estimate of drug-likeness (QED) is 0.664. The van der Waals surface area contributed by atoms with Gasteiger partial charge in [-0.25, -0.2) is 0 Å². The van der Waals surface area contributed by atoms with Crippen molar-refractivity contribution >= 4 is 42.1 Å². The highest BCUT2D eigenvalue weighted by Gasteiger charge is 2.31. The Labute approximate surface area is 166 Å². The number of hydrogen-bond donors (Lipinski definition) is 3. The van der Waals surface area contributed by atoms with Gasteiger partial charge in [-0.1, -0.05) is 18.2 Å². The molecule has 0 bridgehead atoms. The molecule has 26 heavy (non-hydrogen) atoms. The maximum Gasteiger partial charge on any atom is 0.253 e. The number of carbonyl (C=O) groups is 1. The summed E-state index contributed by atoms with van der Waals surface area (Å²) in [4.78, 5) is 12.6. The standard InChI is InChI=1S/C19H23N3O2.2ClH/c1-24-15-6-4-5-14(11-15)21-17-8-3-2-7-16(17)19(23)22-18(12-20)13-9-10-13;;/h2-8,11,13,18,21H,9-10,12,20H2,1H3,(H,22,23);2*1H. The second-order valence-electron chi connectivity index (χ2n) is 6.06. The fourth-order valence-electron chi connectivity index (χ4n) is 2.76. The molecule has 142 valence electrons. The lowest BCUT2D eigenvalue weighted by molar-refractivity contribution is 0.0934. The molecule has 1 atom stereocenters. The SMILES string of the molecule is COc1cccc(Nc2ccccc2C(=O)NC(CN)C2CC2)c1.Cl.Cl. The molecule has 1 saturated carbocycles. The zero-order valence-electron chi connectivity index (χ0n) is 14.6. The maximum absolute atomic E-state index is 12.6. The first kappa shape index (κ1) is 22.1. The molecule has 1 amide bonds. The minimum atomic E-state index is -0.0941. The normalized spacial score (nSPS) is 13.6. The summed E-state index contributed by atoms with van der Waals surface area (Å²) in [7, 11) is 1.63. The highest BCUT2D eigenvalue weighted by atomic mass is 35.5. The number of halogens is 2. The van der Waals surface area contributed by atoms with Crippen LogP contribution in [-0.4, -0.2) is 25.6 Å². The van der Waals surface area contributed by atoms with Crippen LogP contribution < -0.4 is 21.1 Å². The molecule has 1 unspecified atom stereocenters. The Kier molecular flexibility index (Phi) is 8.72. The molecule has 2 aromatic carbocycles. The van der Waals surface area contributed by atoms with Crippen molar-refractivity contribution in [3.05, 3.63) is 54.1 Å². The molecular weight excluding hydrogens is 373 g/mol. The van der Waals surface area contributed by atoms with Crippen molar-refractivity contribution in [3.63, 3.8) is 0 Å². The van der Waals surface area contributed by atoms with Crippen LogP contribution in [0.5, 0.6) is 5.75 Å². The third-order valence-electron chi connectivity index (χ3n) is 4.28. The summed E-state index contributed by atoms with van der Waals surface area (Å²) in [5.41, 5.74) is 8.03. The molecule has 5 nitrogen and oxygen atoms in total. The number of hydrogen-bond acceptors (Lipinski definition) is 4. The molecule has 0 heterocycles. The van der Waals surface area contributed by atoms with Crippen LogP contribution in [0, 0.1) is 5.92 Å². The smallest absolute Gasteiger partial charge is 0.253 e. The van der Waals surface area contributed by atoms with E-state index in [4.69, 9.17) is 10.5 Å². The first-order valence-corrected chi connectivity index (χ1v) is 8.22. The number of amides is 1. The molecule has 0 radical (unpaired) electrons. The fourth-order valence-corrected chi connectivity index (χ4v) is 2.76. The van der Waals surface area contributed by atoms with Gasteiger partial charge < -0.3 is 21.1 Å². The molecule has 4 N–H and O–H groups in total. The highest BCUT2D eigenvalue weighted by Crippen LogP contribution is 2.32. The van der Waals surface area contributed by atoms with Crippen LogP contribution in [-0.2, 0) is 0 Å². The van der Waals surface area contributed by atoms with Crippen LogP contribution >= 0.6 is 24.8 Å². The summed E-state index contributed by atoms with van der Waals surface area (Å²) in [6.07, 6.45) is 2.29. The van der Waals surface area contributed by atoms with Gasteiger partial charge in [0.25, 0.3) is 5.91 Å². The number of ether oxygens (including phenoxy) is 1. The van der Waals surface area contributed by atoms with Crippen molar-refractivity contribution in [2.75, 3.05) is 19.0 Å². The molecule has 1 aliphatic rings. The molecular formula is C19H25Cl2N3O2. The minimum Gasteiger partial charge on any atom is -0.497 e. The van der Waals surface area contributed by atoms with Gasteiger partial charge in [0, 0.05) is 24.3 Å². The van der Waals surface area contributed by atoms with Crippen LogP contribution in [0.25, 0.3) is 0 Å². The van der Waals surface area contributed by atoms with Gasteiger partial charge in [-0.05, 0) is 43.0 Å². The van der Waals surface area contributed by atoms with E-state index >= 15 is 0 Å². The van der Waals surface area contributed by atoms with E-state index in [9.17, 15) is 4.79 Å². The van der Waals surface area contributed by atoms with E-state index in [0.717, 1.165) is 30.0 Å². The van der Waals surface area contributed by atoms with Crippen molar-refractivity contribution in [3.8, 4) is 5.75 Å². The van der Waals surface area contributed by atoms with E-state index in [1.54, 1.807) is 7.11 Å². The molecule has 3 rings (SSSR count). The van der Waals surface area contributed by atoms with Crippen LogP contribution in [0.3, 0.4) is 0 Å². The third kappa shape index (κ3) is 5.53. The molecule has 0 aromatic heterocycles. The lowest BCUT2D eigenvalue weighted by Gasteiger charge is -2.18. The van der Waals surface area contributed by atoms with Crippen molar-refractivity contribution in [2.45, 2.75) is 18.9 Å². The Hall–Kier alpha value is -1.95. The van der Waals surface area contributed by atoms with Gasteiger partial charge in [-0.15, -0.1) is 24.8 Å². The number of rotatable bonds is 7. The van der Waals surface area contributed by atoms with Crippen molar-refractivity contribution in [2.24, 2.45) is 11.7 Å². The van der Waals surface area contributed by atoms with Crippen LogP contribution in [0.15, 0.2) is 48.5 Å². The van der Waals surface area contributed by atoms with Gasteiger partial charge in [0.1, 0.15) is 5.75 Å². The number of anilines is 2. The van der Waals surface area contributed by atoms with E-state index in [-0.39, 0.29) is 36.8 Å². The maximum atomic E-state index is 12.6. The van der Waals surface area contributed by atoms with Crippen molar-refractivity contribution < 1.29 is 9.53 Å². The molecule has 0 aliphatic heterocycles. The second kappa shape index (κ2) is 10.3. The summed E-state index contributed by atoms with van der Waals surface area (Å²) in [6, 6.07) is 15.1. The van der Waals surface area contributed by atoms with E-state index < -0.39 is 0 Å². The van der Waals surface area contributed by atoms with Gasteiger partial charge in [0.2, 0.25) is 0 Å². The number of methoxy groups -OCH3 is 1. The van der Waals surface area contributed by atoms with E-state index in [0.29, 0.717) is 18.0 Å². The predicted octanol–water partition coefficient (Wildman–Crippen LogP) is 3.75. The number of benzene rings is 2. The van der Waals surface area contributed by atoms with E-state index in [1.807, 2.05) is 48.5 Å². The van der Waals surface area contributed by atoms with Gasteiger partial charge >= 0.3 is 0 Å². The third-order valence-corrected chi connectivity index (χ3v) is 4.28. The van der Waals surface area contributed by atoms with Gasteiger partial charge in [0.05, 0.1) is 18.4 Å². The average molecular weight is 398 g/mol. The average Bonchev–Trinajstić information content (AvgIpc) is 3.45. The predicted molar refractivity (Wildman–Crippen MR) is 110 cm³/mol. The summed E-state index contributed by atoms with van der Waals surface area (Å²) in [5, 5.41) is 6.36. The Morgan fingerprint density at radius 2 is 1.92 bits per heavy atom. The summed E-state index contributed by atoms with van der Waals surface area (Å²) >= 11 is 0. The molecule has 2 aromatic rings.